The molecule has 0 spiro atoms. The van der Waals surface area contributed by atoms with Gasteiger partial charge in [0.2, 0.25) is 0 Å². The van der Waals surface area contributed by atoms with E-state index in [0.717, 1.165) is 11.1 Å². The quantitative estimate of drug-likeness (QED) is 0.564. The van der Waals surface area contributed by atoms with Crippen LogP contribution < -0.4 is 5.73 Å². The van der Waals surface area contributed by atoms with Gasteiger partial charge >= 0.3 is 0 Å². The van der Waals surface area contributed by atoms with Crippen LogP contribution in [0.2, 0.25) is 0 Å². The lowest BCUT2D eigenvalue weighted by molar-refractivity contribution is 0.0690. The minimum absolute atomic E-state index is 0.0573. The van der Waals surface area contributed by atoms with Gasteiger partial charge in [-0.2, -0.15) is 0 Å². The lowest BCUT2D eigenvalue weighted by Gasteiger charge is -2.34. The summed E-state index contributed by atoms with van der Waals surface area (Å²) in [7, 11) is 0. The number of piperazine rings is 1. The molecule has 1 heterocycles. The Kier molecular flexibility index (Phi) is 3.50. The fourth-order valence-electron chi connectivity index (χ4n) is 2.11. The largest absolute Gasteiger partial charge is 0.370 e. The molecular weight excluding hydrogens is 228 g/mol. The second kappa shape index (κ2) is 5.08. The number of rotatable bonds is 1. The van der Waals surface area contributed by atoms with Gasteiger partial charge in [-0.25, -0.2) is 0 Å². The summed E-state index contributed by atoms with van der Waals surface area (Å²) in [4.78, 5) is 15.8. The summed E-state index contributed by atoms with van der Waals surface area (Å²) in [5, 5.41) is 7.35. The number of nitrogens with zero attached hydrogens (tertiary/aromatic N) is 2. The van der Waals surface area contributed by atoms with E-state index in [-0.39, 0.29) is 11.9 Å². The molecule has 0 radical (unpaired) electrons. The first-order chi connectivity index (χ1) is 8.58. The van der Waals surface area contributed by atoms with E-state index in [1.165, 1.54) is 0 Å². The molecule has 5 nitrogen and oxygen atoms in total. The minimum atomic E-state index is 0.0573. The van der Waals surface area contributed by atoms with Crippen LogP contribution >= 0.6 is 0 Å². The van der Waals surface area contributed by atoms with E-state index in [9.17, 15) is 4.79 Å². The van der Waals surface area contributed by atoms with Gasteiger partial charge in [-0.3, -0.25) is 10.2 Å². The summed E-state index contributed by atoms with van der Waals surface area (Å²) in [6.45, 7) is 4.48. The zero-order valence-electron chi connectivity index (χ0n) is 10.5. The smallest absolute Gasteiger partial charge is 0.253 e. The fraction of sp³-hybridized carbons (Fsp3) is 0.385. The second-order valence-electron chi connectivity index (χ2n) is 4.53. The van der Waals surface area contributed by atoms with Gasteiger partial charge in [0.05, 0.1) is 0 Å². The molecule has 1 aromatic carbocycles. The number of aryl methyl sites for hydroxylation is 1. The van der Waals surface area contributed by atoms with E-state index in [2.05, 4.69) is 0 Å². The number of nitrogens with one attached hydrogen (secondary N) is 1. The van der Waals surface area contributed by atoms with Crippen molar-refractivity contribution in [3.8, 4) is 0 Å². The zero-order valence-corrected chi connectivity index (χ0v) is 10.5. The van der Waals surface area contributed by atoms with Crippen molar-refractivity contribution in [2.75, 3.05) is 26.2 Å². The summed E-state index contributed by atoms with van der Waals surface area (Å²) in [5.74, 6) is 0.138. The second-order valence-corrected chi connectivity index (χ2v) is 4.53. The number of benzene rings is 1. The molecule has 0 saturated carbocycles. The fourth-order valence-corrected chi connectivity index (χ4v) is 2.11. The Hall–Kier alpha value is -2.04. The van der Waals surface area contributed by atoms with E-state index >= 15 is 0 Å². The maximum Gasteiger partial charge on any atom is 0.253 e. The summed E-state index contributed by atoms with van der Waals surface area (Å²) in [5.41, 5.74) is 7.24. The van der Waals surface area contributed by atoms with E-state index in [0.29, 0.717) is 26.2 Å². The zero-order chi connectivity index (χ0) is 13.1. The number of hydrogen-bond acceptors (Lipinski definition) is 2. The Morgan fingerprint density at radius 2 is 1.83 bits per heavy atom. The molecule has 1 amide bonds. The van der Waals surface area contributed by atoms with E-state index in [1.807, 2.05) is 36.1 Å². The number of carbonyl (C=O) groups is 1. The van der Waals surface area contributed by atoms with Gasteiger partial charge in [-0.15, -0.1) is 0 Å². The van der Waals surface area contributed by atoms with Gasteiger partial charge in [0, 0.05) is 31.7 Å². The Labute approximate surface area is 107 Å². The number of nitrogens with two attached hydrogens (primary N) is 1. The SMILES string of the molecule is Cc1cccc(C(=O)N2CCN(C(=N)N)CC2)c1. The van der Waals surface area contributed by atoms with Crippen LogP contribution in [0, 0.1) is 12.3 Å². The monoisotopic (exact) mass is 246 g/mol. The van der Waals surface area contributed by atoms with Crippen molar-refractivity contribution < 1.29 is 4.79 Å². The van der Waals surface area contributed by atoms with Gasteiger partial charge < -0.3 is 15.5 Å². The topological polar surface area (TPSA) is 73.4 Å². The lowest BCUT2D eigenvalue weighted by atomic mass is 10.1. The molecule has 1 aliphatic rings. The summed E-state index contributed by atoms with van der Waals surface area (Å²) in [6.07, 6.45) is 0. The third-order valence-electron chi connectivity index (χ3n) is 3.17. The van der Waals surface area contributed by atoms with Crippen molar-refractivity contribution in [2.45, 2.75) is 6.92 Å². The predicted octanol–water partition coefficient (Wildman–Crippen LogP) is 0.646. The Bertz CT molecular complexity index is 464. The van der Waals surface area contributed by atoms with Crippen molar-refractivity contribution in [3.63, 3.8) is 0 Å². The van der Waals surface area contributed by atoms with Crippen LogP contribution in [0.1, 0.15) is 15.9 Å². The van der Waals surface area contributed by atoms with Crippen molar-refractivity contribution >= 4 is 11.9 Å². The molecule has 18 heavy (non-hydrogen) atoms. The highest BCUT2D eigenvalue weighted by Gasteiger charge is 2.22. The number of hydrogen-bond donors (Lipinski definition) is 2. The molecule has 0 unspecified atom stereocenters. The highest BCUT2D eigenvalue weighted by atomic mass is 16.2. The molecule has 1 aliphatic heterocycles. The molecule has 3 N–H and O–H groups in total. The maximum absolute atomic E-state index is 12.3. The van der Waals surface area contributed by atoms with Crippen LogP contribution in [0.5, 0.6) is 0 Å². The lowest BCUT2D eigenvalue weighted by Crippen LogP contribution is -2.52. The van der Waals surface area contributed by atoms with Gasteiger partial charge in [0.25, 0.3) is 5.91 Å². The molecule has 0 bridgehead atoms. The molecule has 0 aromatic heterocycles. The summed E-state index contributed by atoms with van der Waals surface area (Å²) >= 11 is 0. The molecule has 0 aliphatic carbocycles. The predicted molar refractivity (Wildman–Crippen MR) is 70.6 cm³/mol. The maximum atomic E-state index is 12.3. The van der Waals surface area contributed by atoms with Crippen LogP contribution in [0.25, 0.3) is 0 Å². The first-order valence-electron chi connectivity index (χ1n) is 6.03. The van der Waals surface area contributed by atoms with Gasteiger partial charge in [0.1, 0.15) is 0 Å². The number of guanidine groups is 1. The molecule has 2 rings (SSSR count). The Morgan fingerprint density at radius 1 is 1.22 bits per heavy atom. The van der Waals surface area contributed by atoms with E-state index < -0.39 is 0 Å². The van der Waals surface area contributed by atoms with Gasteiger partial charge in [-0.1, -0.05) is 17.7 Å². The highest BCUT2D eigenvalue weighted by Crippen LogP contribution is 2.10. The van der Waals surface area contributed by atoms with Gasteiger partial charge in [-0.05, 0) is 19.1 Å². The van der Waals surface area contributed by atoms with Crippen LogP contribution in [-0.4, -0.2) is 47.8 Å². The minimum Gasteiger partial charge on any atom is -0.370 e. The van der Waals surface area contributed by atoms with Crippen LogP contribution in [0.15, 0.2) is 24.3 Å². The van der Waals surface area contributed by atoms with Crippen LogP contribution in [-0.2, 0) is 0 Å². The molecule has 1 aromatic rings. The first-order valence-corrected chi connectivity index (χ1v) is 6.03. The molecule has 0 atom stereocenters. The van der Waals surface area contributed by atoms with Crippen molar-refractivity contribution in [1.82, 2.24) is 9.80 Å². The molecule has 1 fully saturated rings. The number of carbonyl (C=O) groups excluding carboxylic acids is 1. The third-order valence-corrected chi connectivity index (χ3v) is 3.17. The average Bonchev–Trinajstić information content (AvgIpc) is 2.38. The molecular formula is C13H18N4O. The van der Waals surface area contributed by atoms with Crippen molar-refractivity contribution in [1.29, 1.82) is 5.41 Å². The van der Waals surface area contributed by atoms with Gasteiger partial charge in [0.15, 0.2) is 5.96 Å². The first kappa shape index (κ1) is 12.4. The number of amides is 1. The molecule has 5 heteroatoms. The Balaban J connectivity index is 2.02. The van der Waals surface area contributed by atoms with Crippen LogP contribution in [0.3, 0.4) is 0 Å². The normalized spacial score (nSPS) is 15.6. The Morgan fingerprint density at radius 3 is 2.39 bits per heavy atom. The highest BCUT2D eigenvalue weighted by molar-refractivity contribution is 5.94. The average molecular weight is 246 g/mol. The van der Waals surface area contributed by atoms with E-state index in [1.54, 1.807) is 4.90 Å². The summed E-state index contributed by atoms with van der Waals surface area (Å²) in [6, 6.07) is 7.62. The van der Waals surface area contributed by atoms with Crippen LogP contribution in [0.4, 0.5) is 0 Å². The molecule has 1 saturated heterocycles. The summed E-state index contributed by atoms with van der Waals surface area (Å²) < 4.78 is 0. The molecule has 96 valence electrons. The van der Waals surface area contributed by atoms with E-state index in [4.69, 9.17) is 11.1 Å². The van der Waals surface area contributed by atoms with Crippen molar-refractivity contribution in [3.05, 3.63) is 35.4 Å². The third kappa shape index (κ3) is 2.61. The standard InChI is InChI=1S/C13H18N4O/c1-10-3-2-4-11(9-10)12(18)16-5-7-17(8-6-16)13(14)15/h2-4,9H,5-8H2,1H3,(H3,14,15). The van der Waals surface area contributed by atoms with Crippen molar-refractivity contribution in [2.24, 2.45) is 5.73 Å².